The summed E-state index contributed by atoms with van der Waals surface area (Å²) in [5.41, 5.74) is 10.1. The molecule has 11 aromatic rings. The zero-order valence-electron chi connectivity index (χ0n) is 45.4. The Morgan fingerprint density at radius 2 is 0.795 bits per heavy atom. The minimum absolute atomic E-state index is 0.0171. The predicted octanol–water partition coefficient (Wildman–Crippen LogP) is 18.9. The second kappa shape index (κ2) is 16.8. The summed E-state index contributed by atoms with van der Waals surface area (Å²) in [5, 5.41) is 11.3. The Morgan fingerprint density at radius 1 is 0.425 bits per heavy atom. The minimum atomic E-state index is -0.274. The van der Waals surface area contributed by atoms with E-state index in [1.807, 2.05) is 18.2 Å². The normalized spacial score (nSPS) is 13.3. The highest BCUT2D eigenvalue weighted by molar-refractivity contribution is 6.40. The van der Waals surface area contributed by atoms with Crippen LogP contribution in [0, 0.1) is 10.8 Å². The molecule has 5 heteroatoms. The van der Waals surface area contributed by atoms with Gasteiger partial charge in [0.05, 0.1) is 5.69 Å². The van der Waals surface area contributed by atoms with E-state index in [1.165, 1.54) is 15.7 Å². The highest BCUT2D eigenvalue weighted by atomic mass is 16.3. The molecule has 0 spiro atoms. The van der Waals surface area contributed by atoms with Crippen molar-refractivity contribution in [3.8, 4) is 5.69 Å². The van der Waals surface area contributed by atoms with E-state index in [-0.39, 0.29) is 44.6 Å². The van der Waals surface area contributed by atoms with Crippen molar-refractivity contribution in [3.63, 3.8) is 0 Å². The first-order chi connectivity index (χ1) is 34.4. The largest absolute Gasteiger partial charge is 0.456 e. The lowest BCUT2D eigenvalue weighted by Gasteiger charge is -2.34. The Bertz CT molecular complexity index is 3900. The molecule has 0 fully saturated rings. The van der Waals surface area contributed by atoms with E-state index in [9.17, 15) is 9.59 Å². The summed E-state index contributed by atoms with van der Waals surface area (Å²) in [5.74, 6) is 0.243. The molecule has 0 saturated heterocycles. The van der Waals surface area contributed by atoms with E-state index in [0.717, 1.165) is 112 Å². The maximum Gasteiger partial charge on any atom is 0.266 e. The van der Waals surface area contributed by atoms with E-state index in [0.29, 0.717) is 10.8 Å². The molecular weight excluding hydrogens is 893 g/mol. The Balaban J connectivity index is 1.07. The number of rotatable bonds is 10. The van der Waals surface area contributed by atoms with E-state index in [2.05, 4.69) is 217 Å². The Kier molecular flexibility index (Phi) is 11.1. The third kappa shape index (κ3) is 7.97. The van der Waals surface area contributed by atoms with Crippen LogP contribution in [0.3, 0.4) is 0 Å². The summed E-state index contributed by atoms with van der Waals surface area (Å²) < 4.78 is 8.51. The van der Waals surface area contributed by atoms with Crippen LogP contribution in [0.1, 0.15) is 144 Å². The smallest absolute Gasteiger partial charge is 0.266 e. The summed E-state index contributed by atoms with van der Waals surface area (Å²) in [4.78, 5) is 32.1. The summed E-state index contributed by atoms with van der Waals surface area (Å²) in [7, 11) is 0. The van der Waals surface area contributed by atoms with Crippen LogP contribution in [0.25, 0.3) is 81.5 Å². The summed E-state index contributed by atoms with van der Waals surface area (Å²) in [6.07, 6.45) is 2.15. The van der Waals surface area contributed by atoms with Crippen LogP contribution in [0.2, 0.25) is 0 Å². The average Bonchev–Trinajstić information content (AvgIpc) is 3.32. The lowest BCUT2D eigenvalue weighted by Crippen LogP contribution is -2.33. The van der Waals surface area contributed by atoms with Crippen LogP contribution >= 0.6 is 0 Å². The third-order valence-corrected chi connectivity index (χ3v) is 15.8. The number of nitrogens with zero attached hydrogens (tertiary/aromatic N) is 2. The van der Waals surface area contributed by atoms with Crippen LogP contribution in [0.15, 0.2) is 147 Å². The molecule has 2 heterocycles. The van der Waals surface area contributed by atoms with Gasteiger partial charge in [-0.15, -0.1) is 0 Å². The van der Waals surface area contributed by atoms with Gasteiger partial charge in [-0.05, 0) is 162 Å². The lowest BCUT2D eigenvalue weighted by atomic mass is 9.72. The molecule has 2 aromatic heterocycles. The molecule has 0 atom stereocenters. The van der Waals surface area contributed by atoms with Gasteiger partial charge in [0.2, 0.25) is 0 Å². The Labute approximate surface area is 430 Å². The van der Waals surface area contributed by atoms with Gasteiger partial charge in [0.15, 0.2) is 0 Å². The van der Waals surface area contributed by atoms with Crippen molar-refractivity contribution in [1.29, 1.82) is 0 Å². The first-order valence-corrected chi connectivity index (χ1v) is 26.5. The van der Waals surface area contributed by atoms with Crippen molar-refractivity contribution in [3.05, 3.63) is 176 Å². The topological polar surface area (TPSA) is 55.5 Å². The van der Waals surface area contributed by atoms with Gasteiger partial charge in [-0.1, -0.05) is 164 Å². The van der Waals surface area contributed by atoms with Crippen molar-refractivity contribution < 1.29 is 4.42 Å². The van der Waals surface area contributed by atoms with Crippen molar-refractivity contribution in [2.24, 2.45) is 10.8 Å². The van der Waals surface area contributed by atoms with Crippen LogP contribution in [0.4, 0.5) is 17.1 Å². The highest BCUT2D eigenvalue weighted by Gasteiger charge is 2.30. The molecular formula is C68H70N2O3. The van der Waals surface area contributed by atoms with Gasteiger partial charge in [-0.25, -0.2) is 4.57 Å². The van der Waals surface area contributed by atoms with Crippen molar-refractivity contribution in [1.82, 2.24) is 4.57 Å². The van der Waals surface area contributed by atoms with Crippen molar-refractivity contribution in [2.75, 3.05) is 4.90 Å². The Hall–Kier alpha value is -6.98. The average molecular weight is 963 g/mol. The van der Waals surface area contributed by atoms with Gasteiger partial charge in [-0.3, -0.25) is 9.59 Å². The first-order valence-electron chi connectivity index (χ1n) is 26.5. The number of benzene rings is 9. The fraction of sp³-hybridized carbons (Fsp3) is 0.324. The van der Waals surface area contributed by atoms with Gasteiger partial charge in [-0.2, -0.15) is 0 Å². The highest BCUT2D eigenvalue weighted by Crippen LogP contribution is 2.48. The summed E-state index contributed by atoms with van der Waals surface area (Å²) in [6, 6.07) is 47.9. The molecule has 0 amide bonds. The molecule has 0 bridgehead atoms. The van der Waals surface area contributed by atoms with Gasteiger partial charge >= 0.3 is 0 Å². The second-order valence-corrected chi connectivity index (χ2v) is 25.6. The molecule has 0 aliphatic heterocycles. The quantitative estimate of drug-likeness (QED) is 0.101. The van der Waals surface area contributed by atoms with Gasteiger partial charge in [0.1, 0.15) is 11.2 Å². The fourth-order valence-electron chi connectivity index (χ4n) is 13.3. The van der Waals surface area contributed by atoms with Gasteiger partial charge in [0.25, 0.3) is 11.1 Å². The molecule has 0 N–H and O–H groups in total. The van der Waals surface area contributed by atoms with Crippen LogP contribution < -0.4 is 16.0 Å². The zero-order chi connectivity index (χ0) is 51.8. The number of para-hydroxylation sites is 1. The third-order valence-electron chi connectivity index (χ3n) is 15.8. The van der Waals surface area contributed by atoms with Crippen LogP contribution in [-0.2, 0) is 10.8 Å². The molecule has 73 heavy (non-hydrogen) atoms. The van der Waals surface area contributed by atoms with Gasteiger partial charge < -0.3 is 9.32 Å². The SMILES string of the molecule is CC(C)c1cccc(C(C)C)c1-n1c(=O)c2ccc3c4ccc5oc6cc(N(c7ccc(C(C)(C)CC(C)(C)C)cc7)c7ccc(C(C)(C)CC(C)(C)C)cc7)ccc6c6ccc(c7ccc(c1=O)c2c37)c4c56. The number of anilines is 3. The van der Waals surface area contributed by atoms with Crippen molar-refractivity contribution in [2.45, 2.75) is 132 Å². The molecule has 0 unspecified atom stereocenters. The molecule has 9 aromatic carbocycles. The molecule has 370 valence electrons. The van der Waals surface area contributed by atoms with Crippen LogP contribution in [0.5, 0.6) is 0 Å². The lowest BCUT2D eigenvalue weighted by molar-refractivity contribution is 0.283. The molecule has 0 saturated carbocycles. The summed E-state index contributed by atoms with van der Waals surface area (Å²) in [6.45, 7) is 31.8. The molecule has 0 radical (unpaired) electrons. The standard InChI is InChI=1S/C68H70N2O3/c1-39(2)46-16-15-17-47(40(3)4)62(46)70-63(71)54-32-30-50-52-29-28-49-48-27-26-45(36-57(48)73-56-35-34-53(59(52)61(49)56)51-31-33-55(64(70)72)60(54)58(50)51)69(43-22-18-41(19-23-43)67(11,12)37-65(5,6)7)44-24-20-42(21-25-44)68(13,14)38-66(8,9)10/h15-36,39-40H,37-38H2,1-14H3. The van der Waals surface area contributed by atoms with E-state index in [1.54, 1.807) is 0 Å². The maximum absolute atomic E-state index is 14.9. The first kappa shape index (κ1) is 48.3. The van der Waals surface area contributed by atoms with E-state index in [4.69, 9.17) is 4.42 Å². The predicted molar refractivity (Wildman–Crippen MR) is 313 cm³/mol. The maximum atomic E-state index is 14.9. The summed E-state index contributed by atoms with van der Waals surface area (Å²) >= 11 is 0. The second-order valence-electron chi connectivity index (χ2n) is 25.6. The fourth-order valence-corrected chi connectivity index (χ4v) is 13.3. The molecule has 0 aliphatic carbocycles. The number of hydrogen-bond donors (Lipinski definition) is 0. The number of pyridine rings is 1. The number of fused-ring (bicyclic) bond motifs is 4. The van der Waals surface area contributed by atoms with E-state index >= 15 is 0 Å². The molecule has 0 aliphatic rings. The number of hydrogen-bond acceptors (Lipinski definition) is 4. The van der Waals surface area contributed by atoms with Crippen LogP contribution in [-0.4, -0.2) is 4.57 Å². The molecule has 11 rings (SSSR count). The van der Waals surface area contributed by atoms with Gasteiger partial charge in [0, 0.05) is 55.4 Å². The Morgan fingerprint density at radius 3 is 1.23 bits per heavy atom. The van der Waals surface area contributed by atoms with E-state index < -0.39 is 0 Å². The zero-order valence-corrected chi connectivity index (χ0v) is 45.4. The minimum Gasteiger partial charge on any atom is -0.456 e. The number of aromatic nitrogens is 1. The van der Waals surface area contributed by atoms with Crippen molar-refractivity contribution >= 4 is 92.9 Å². The molecule has 5 nitrogen and oxygen atoms in total. The monoisotopic (exact) mass is 963 g/mol.